The predicted octanol–water partition coefficient (Wildman–Crippen LogP) is 3.59. The minimum Gasteiger partial charge on any atom is -0.362 e. The molecule has 1 aliphatic rings. The molecule has 22 heavy (non-hydrogen) atoms. The van der Waals surface area contributed by atoms with Gasteiger partial charge in [0.25, 0.3) is 0 Å². The largest absolute Gasteiger partial charge is 0.362 e. The summed E-state index contributed by atoms with van der Waals surface area (Å²) in [6.07, 6.45) is 6.46. The zero-order valence-electron chi connectivity index (χ0n) is 12.8. The van der Waals surface area contributed by atoms with E-state index in [2.05, 4.69) is 16.7 Å². The van der Waals surface area contributed by atoms with Crippen molar-refractivity contribution >= 4 is 29.1 Å². The second-order valence-corrected chi connectivity index (χ2v) is 7.07. The highest BCUT2D eigenvalue weighted by Gasteiger charge is 2.13. The summed E-state index contributed by atoms with van der Waals surface area (Å²) in [4.78, 5) is 0. The Morgan fingerprint density at radius 2 is 2.05 bits per heavy atom. The molecule has 0 heterocycles. The molecule has 0 amide bonds. The van der Waals surface area contributed by atoms with Crippen molar-refractivity contribution in [3.63, 3.8) is 0 Å². The van der Waals surface area contributed by atoms with Crippen LogP contribution in [0.25, 0.3) is 0 Å². The topological polar surface area (TPSA) is 47.9 Å². The van der Waals surface area contributed by atoms with Gasteiger partial charge in [-0.3, -0.25) is 0 Å². The lowest BCUT2D eigenvalue weighted by Gasteiger charge is -2.24. The van der Waals surface area contributed by atoms with Gasteiger partial charge in [-0.25, -0.2) is 0 Å². The number of hydrogen-bond acceptors (Lipinski definition) is 3. The number of benzene rings is 1. The summed E-state index contributed by atoms with van der Waals surface area (Å²) in [5.41, 5.74) is 1.88. The smallest absolute Gasteiger partial charge is 0.166 e. The minimum absolute atomic E-state index is 0.559. The van der Waals surface area contributed by atoms with Gasteiger partial charge in [-0.1, -0.05) is 37.5 Å². The molecule has 3 nitrogen and oxygen atoms in total. The number of rotatable bonds is 6. The van der Waals surface area contributed by atoms with Crippen LogP contribution in [0.4, 0.5) is 0 Å². The van der Waals surface area contributed by atoms with Crippen molar-refractivity contribution in [2.45, 2.75) is 43.9 Å². The third kappa shape index (κ3) is 5.86. The molecule has 1 aromatic carbocycles. The highest BCUT2D eigenvalue weighted by Crippen LogP contribution is 2.17. The monoisotopic (exact) mass is 333 g/mol. The van der Waals surface area contributed by atoms with Crippen molar-refractivity contribution in [1.82, 2.24) is 10.6 Å². The van der Waals surface area contributed by atoms with Gasteiger partial charge in [0.15, 0.2) is 5.11 Å². The molecule has 1 saturated carbocycles. The van der Waals surface area contributed by atoms with Crippen molar-refractivity contribution in [3.05, 3.63) is 35.4 Å². The maximum atomic E-state index is 9.05. The Balaban J connectivity index is 1.59. The maximum Gasteiger partial charge on any atom is 0.166 e. The van der Waals surface area contributed by atoms with Gasteiger partial charge in [0.1, 0.15) is 0 Å². The second kappa shape index (κ2) is 9.70. The third-order valence-corrected chi connectivity index (χ3v) is 5.14. The second-order valence-electron chi connectivity index (χ2n) is 5.56. The molecule has 0 saturated heterocycles. The van der Waals surface area contributed by atoms with E-state index < -0.39 is 0 Å². The molecule has 2 rings (SSSR count). The fraction of sp³-hybridized carbons (Fsp3) is 0.529. The van der Waals surface area contributed by atoms with Crippen LogP contribution in [0.15, 0.2) is 24.3 Å². The number of thioether (sulfide) groups is 1. The summed E-state index contributed by atoms with van der Waals surface area (Å²) in [5, 5.41) is 16.5. The molecule has 1 aliphatic carbocycles. The van der Waals surface area contributed by atoms with Crippen molar-refractivity contribution in [2.24, 2.45) is 0 Å². The highest BCUT2D eigenvalue weighted by atomic mass is 32.2. The Kier molecular flexibility index (Phi) is 7.55. The summed E-state index contributed by atoms with van der Waals surface area (Å²) in [6.45, 7) is 0.859. The zero-order valence-corrected chi connectivity index (χ0v) is 14.4. The van der Waals surface area contributed by atoms with E-state index in [1.165, 1.54) is 32.1 Å². The molecule has 0 bridgehead atoms. The van der Waals surface area contributed by atoms with E-state index in [1.807, 2.05) is 36.0 Å². The van der Waals surface area contributed by atoms with Gasteiger partial charge in [0.05, 0.1) is 11.6 Å². The standard InChI is InChI=1S/C17H23N3S2/c18-12-14-6-4-5-7-15(14)13-22-11-10-19-17(21)20-16-8-2-1-3-9-16/h4-7,16H,1-3,8-11,13H2,(H2,19,20,21). The van der Waals surface area contributed by atoms with Gasteiger partial charge in [-0.15, -0.1) is 0 Å². The Morgan fingerprint density at radius 3 is 2.82 bits per heavy atom. The van der Waals surface area contributed by atoms with Gasteiger partial charge in [0.2, 0.25) is 0 Å². The lowest BCUT2D eigenvalue weighted by atomic mass is 9.96. The van der Waals surface area contributed by atoms with E-state index in [4.69, 9.17) is 17.5 Å². The Morgan fingerprint density at radius 1 is 1.27 bits per heavy atom. The molecule has 0 unspecified atom stereocenters. The first kappa shape index (κ1) is 17.1. The van der Waals surface area contributed by atoms with Crippen molar-refractivity contribution < 1.29 is 0 Å². The Labute approximate surface area is 142 Å². The average Bonchev–Trinajstić information content (AvgIpc) is 2.56. The first-order valence-electron chi connectivity index (χ1n) is 7.89. The minimum atomic E-state index is 0.559. The molecule has 0 aliphatic heterocycles. The van der Waals surface area contributed by atoms with E-state index in [-0.39, 0.29) is 0 Å². The quantitative estimate of drug-likeness (QED) is 0.615. The molecule has 0 radical (unpaired) electrons. The van der Waals surface area contributed by atoms with Gasteiger partial charge in [0, 0.05) is 24.1 Å². The van der Waals surface area contributed by atoms with Crippen molar-refractivity contribution in [3.8, 4) is 6.07 Å². The SMILES string of the molecule is N#Cc1ccccc1CSCCNC(=S)NC1CCCCC1. The van der Waals surface area contributed by atoms with Crippen LogP contribution < -0.4 is 10.6 Å². The number of nitrogens with one attached hydrogen (secondary N) is 2. The van der Waals surface area contributed by atoms with Crippen LogP contribution in [-0.2, 0) is 5.75 Å². The fourth-order valence-corrected chi connectivity index (χ4v) is 3.79. The summed E-state index contributed by atoms with van der Waals surface area (Å²) >= 11 is 7.17. The lowest BCUT2D eigenvalue weighted by Crippen LogP contribution is -2.43. The van der Waals surface area contributed by atoms with Crippen LogP contribution >= 0.6 is 24.0 Å². The van der Waals surface area contributed by atoms with E-state index in [9.17, 15) is 0 Å². The van der Waals surface area contributed by atoms with E-state index in [0.717, 1.165) is 34.3 Å². The summed E-state index contributed by atoms with van der Waals surface area (Å²) in [5.74, 6) is 1.85. The Bertz CT molecular complexity index is 519. The molecular weight excluding hydrogens is 310 g/mol. The molecule has 5 heteroatoms. The van der Waals surface area contributed by atoms with Gasteiger partial charge >= 0.3 is 0 Å². The number of nitriles is 1. The number of nitrogens with zero attached hydrogens (tertiary/aromatic N) is 1. The van der Waals surface area contributed by atoms with Crippen LogP contribution in [0.1, 0.15) is 43.2 Å². The molecule has 0 aromatic heterocycles. The molecular formula is C17H23N3S2. The normalized spacial score (nSPS) is 15.0. The fourth-order valence-electron chi connectivity index (χ4n) is 2.66. The van der Waals surface area contributed by atoms with Crippen LogP contribution in [0, 0.1) is 11.3 Å². The summed E-state index contributed by atoms with van der Waals surface area (Å²) in [6, 6.07) is 10.6. The maximum absolute atomic E-state index is 9.05. The average molecular weight is 334 g/mol. The van der Waals surface area contributed by atoms with E-state index in [0.29, 0.717) is 6.04 Å². The van der Waals surface area contributed by atoms with Gasteiger partial charge < -0.3 is 10.6 Å². The number of thiocarbonyl (C=S) groups is 1. The van der Waals surface area contributed by atoms with Crippen molar-refractivity contribution in [2.75, 3.05) is 12.3 Å². The van der Waals surface area contributed by atoms with Crippen molar-refractivity contribution in [1.29, 1.82) is 5.26 Å². The predicted molar refractivity (Wildman–Crippen MR) is 97.9 cm³/mol. The molecule has 1 aromatic rings. The summed E-state index contributed by atoms with van der Waals surface area (Å²) < 4.78 is 0. The summed E-state index contributed by atoms with van der Waals surface area (Å²) in [7, 11) is 0. The zero-order chi connectivity index (χ0) is 15.6. The Hall–Kier alpha value is -1.25. The van der Waals surface area contributed by atoms with Crippen LogP contribution in [0.3, 0.4) is 0 Å². The first-order valence-corrected chi connectivity index (χ1v) is 9.46. The highest BCUT2D eigenvalue weighted by molar-refractivity contribution is 7.98. The van der Waals surface area contributed by atoms with E-state index >= 15 is 0 Å². The molecule has 1 fully saturated rings. The van der Waals surface area contributed by atoms with Crippen LogP contribution in [0.2, 0.25) is 0 Å². The molecule has 0 spiro atoms. The molecule has 118 valence electrons. The van der Waals surface area contributed by atoms with Gasteiger partial charge in [-0.05, 0) is 36.7 Å². The van der Waals surface area contributed by atoms with Crippen LogP contribution in [0.5, 0.6) is 0 Å². The van der Waals surface area contributed by atoms with Crippen LogP contribution in [-0.4, -0.2) is 23.5 Å². The third-order valence-electron chi connectivity index (χ3n) is 3.87. The van der Waals surface area contributed by atoms with E-state index in [1.54, 1.807) is 0 Å². The lowest BCUT2D eigenvalue weighted by molar-refractivity contribution is 0.412. The van der Waals surface area contributed by atoms with Gasteiger partial charge in [-0.2, -0.15) is 17.0 Å². The number of hydrogen-bond donors (Lipinski definition) is 2. The molecule has 0 atom stereocenters. The molecule has 2 N–H and O–H groups in total. The first-order chi connectivity index (χ1) is 10.8.